The van der Waals surface area contributed by atoms with Gasteiger partial charge in [-0.25, -0.2) is 4.39 Å². The zero-order chi connectivity index (χ0) is 19.1. The zero-order valence-corrected chi connectivity index (χ0v) is 15.0. The van der Waals surface area contributed by atoms with Crippen LogP contribution in [0.15, 0.2) is 46.3 Å². The van der Waals surface area contributed by atoms with Gasteiger partial charge in [-0.3, -0.25) is 9.59 Å². The molecule has 0 fully saturated rings. The summed E-state index contributed by atoms with van der Waals surface area (Å²) in [5, 5.41) is 8.24. The van der Waals surface area contributed by atoms with E-state index < -0.39 is 24.3 Å². The Kier molecular flexibility index (Phi) is 6.26. The van der Waals surface area contributed by atoms with Gasteiger partial charge in [0.25, 0.3) is 5.91 Å². The van der Waals surface area contributed by atoms with Gasteiger partial charge in [-0.15, -0.1) is 11.3 Å². The summed E-state index contributed by atoms with van der Waals surface area (Å²) in [5.74, 6) is -0.687. The van der Waals surface area contributed by atoms with E-state index in [0.29, 0.717) is 17.3 Å². The van der Waals surface area contributed by atoms with Crippen LogP contribution < -0.4 is 5.32 Å². The first-order valence-corrected chi connectivity index (χ1v) is 9.02. The number of thiophene rings is 1. The standard InChI is InChI=1S/C18H16FN3O4S/c19-13-5-2-1-4-12(13)10-20-15(23)11-25-17(24)8-7-16-21-18(22-26-16)14-6-3-9-27-14/h1-6,9H,7-8,10-11H2,(H,20,23). The van der Waals surface area contributed by atoms with E-state index in [9.17, 15) is 14.0 Å². The molecule has 2 heterocycles. The van der Waals surface area contributed by atoms with Crippen LogP contribution in [0, 0.1) is 5.82 Å². The van der Waals surface area contributed by atoms with Crippen molar-refractivity contribution in [1.29, 1.82) is 0 Å². The second kappa shape index (κ2) is 9.04. The number of ether oxygens (including phenoxy) is 1. The maximum atomic E-state index is 13.5. The van der Waals surface area contributed by atoms with E-state index in [1.807, 2.05) is 17.5 Å². The molecule has 0 atom stereocenters. The van der Waals surface area contributed by atoms with E-state index in [2.05, 4.69) is 15.5 Å². The van der Waals surface area contributed by atoms with Crippen molar-refractivity contribution in [3.05, 3.63) is 59.0 Å². The van der Waals surface area contributed by atoms with Crippen molar-refractivity contribution >= 4 is 23.2 Å². The van der Waals surface area contributed by atoms with Crippen LogP contribution in [0.1, 0.15) is 17.9 Å². The van der Waals surface area contributed by atoms with Gasteiger partial charge in [-0.05, 0) is 17.5 Å². The van der Waals surface area contributed by atoms with Crippen LogP contribution in [0.4, 0.5) is 4.39 Å². The van der Waals surface area contributed by atoms with Crippen molar-refractivity contribution in [2.45, 2.75) is 19.4 Å². The second-order valence-electron chi connectivity index (χ2n) is 5.52. The maximum absolute atomic E-state index is 13.5. The highest BCUT2D eigenvalue weighted by atomic mass is 32.1. The van der Waals surface area contributed by atoms with Crippen LogP contribution in [0.5, 0.6) is 0 Å². The molecule has 0 spiro atoms. The fourth-order valence-corrected chi connectivity index (χ4v) is 2.83. The summed E-state index contributed by atoms with van der Waals surface area (Å²) in [6.07, 6.45) is 0.223. The highest BCUT2D eigenvalue weighted by Crippen LogP contribution is 2.21. The van der Waals surface area contributed by atoms with Crippen LogP contribution >= 0.6 is 11.3 Å². The van der Waals surface area contributed by atoms with Crippen molar-refractivity contribution in [3.63, 3.8) is 0 Å². The summed E-state index contributed by atoms with van der Waals surface area (Å²) in [5.41, 5.74) is 0.357. The first-order valence-electron chi connectivity index (χ1n) is 8.14. The molecule has 0 radical (unpaired) electrons. The van der Waals surface area contributed by atoms with Gasteiger partial charge in [0.2, 0.25) is 11.7 Å². The van der Waals surface area contributed by atoms with Crippen LogP contribution in [0.3, 0.4) is 0 Å². The second-order valence-corrected chi connectivity index (χ2v) is 6.47. The molecule has 1 amide bonds. The number of aryl methyl sites for hydroxylation is 1. The molecule has 2 aromatic heterocycles. The van der Waals surface area contributed by atoms with Gasteiger partial charge < -0.3 is 14.6 Å². The number of amides is 1. The van der Waals surface area contributed by atoms with Crippen molar-refractivity contribution in [2.24, 2.45) is 0 Å². The molecule has 7 nitrogen and oxygen atoms in total. The Hall–Kier alpha value is -3.07. The molecule has 0 saturated heterocycles. The Bertz CT molecular complexity index is 911. The molecule has 3 aromatic rings. The van der Waals surface area contributed by atoms with Gasteiger partial charge >= 0.3 is 5.97 Å². The van der Waals surface area contributed by atoms with Crippen LogP contribution in [-0.2, 0) is 27.3 Å². The number of nitrogens with zero attached hydrogens (tertiary/aromatic N) is 2. The van der Waals surface area contributed by atoms with Crippen molar-refractivity contribution < 1.29 is 23.2 Å². The minimum Gasteiger partial charge on any atom is -0.456 e. The molecule has 1 N–H and O–H groups in total. The SMILES string of the molecule is O=C(COC(=O)CCc1nc(-c2cccs2)no1)NCc1ccccc1F. The molecule has 9 heteroatoms. The molecule has 140 valence electrons. The number of benzene rings is 1. The van der Waals surface area contributed by atoms with Gasteiger partial charge in [0.05, 0.1) is 11.3 Å². The van der Waals surface area contributed by atoms with Crippen molar-refractivity contribution in [2.75, 3.05) is 6.61 Å². The van der Waals surface area contributed by atoms with E-state index in [1.165, 1.54) is 17.4 Å². The number of carbonyl (C=O) groups excluding carboxylic acids is 2. The number of hydrogen-bond donors (Lipinski definition) is 1. The topological polar surface area (TPSA) is 94.3 Å². The summed E-state index contributed by atoms with van der Waals surface area (Å²) >= 11 is 1.48. The Balaban J connectivity index is 1.37. The smallest absolute Gasteiger partial charge is 0.306 e. The number of halogens is 1. The highest BCUT2D eigenvalue weighted by Gasteiger charge is 2.13. The molecule has 27 heavy (non-hydrogen) atoms. The molecule has 0 saturated carbocycles. The van der Waals surface area contributed by atoms with Crippen LogP contribution in [0.25, 0.3) is 10.7 Å². The summed E-state index contributed by atoms with van der Waals surface area (Å²) in [6, 6.07) is 9.86. The van der Waals surface area contributed by atoms with Crippen molar-refractivity contribution in [3.8, 4) is 10.7 Å². The minimum atomic E-state index is -0.563. The predicted octanol–water partition coefficient (Wildman–Crippen LogP) is 2.73. The van der Waals surface area contributed by atoms with Gasteiger partial charge in [-0.1, -0.05) is 29.4 Å². The molecule has 3 rings (SSSR count). The van der Waals surface area contributed by atoms with E-state index >= 15 is 0 Å². The lowest BCUT2D eigenvalue weighted by atomic mass is 10.2. The van der Waals surface area contributed by atoms with Crippen LogP contribution in [-0.4, -0.2) is 28.6 Å². The Morgan fingerprint density at radius 1 is 1.22 bits per heavy atom. The third-order valence-electron chi connectivity index (χ3n) is 3.55. The Morgan fingerprint density at radius 3 is 2.85 bits per heavy atom. The summed E-state index contributed by atoms with van der Waals surface area (Å²) in [4.78, 5) is 28.5. The highest BCUT2D eigenvalue weighted by molar-refractivity contribution is 7.13. The number of hydrogen-bond acceptors (Lipinski definition) is 7. The van der Waals surface area contributed by atoms with Gasteiger partial charge in [0, 0.05) is 18.5 Å². The van der Waals surface area contributed by atoms with E-state index in [4.69, 9.17) is 9.26 Å². The minimum absolute atomic E-state index is 0.00661. The first kappa shape index (κ1) is 18.7. The average molecular weight is 389 g/mol. The quantitative estimate of drug-likeness (QED) is 0.596. The number of aromatic nitrogens is 2. The fraction of sp³-hybridized carbons (Fsp3) is 0.222. The summed E-state index contributed by atoms with van der Waals surface area (Å²) in [6.45, 7) is -0.409. The molecule has 0 aliphatic rings. The number of rotatable bonds is 8. The largest absolute Gasteiger partial charge is 0.456 e. The summed E-state index contributed by atoms with van der Waals surface area (Å²) < 4.78 is 23.4. The van der Waals surface area contributed by atoms with E-state index in [-0.39, 0.29) is 19.4 Å². The normalized spacial score (nSPS) is 10.6. The van der Waals surface area contributed by atoms with Crippen molar-refractivity contribution in [1.82, 2.24) is 15.5 Å². The van der Waals surface area contributed by atoms with Gasteiger partial charge in [0.1, 0.15) is 5.82 Å². The lowest BCUT2D eigenvalue weighted by Crippen LogP contribution is -2.28. The fourth-order valence-electron chi connectivity index (χ4n) is 2.18. The number of nitrogens with one attached hydrogen (secondary N) is 1. The third kappa shape index (κ3) is 5.45. The van der Waals surface area contributed by atoms with Gasteiger partial charge in [0.15, 0.2) is 6.61 Å². The lowest BCUT2D eigenvalue weighted by Gasteiger charge is -2.07. The monoisotopic (exact) mass is 389 g/mol. The molecule has 0 aliphatic carbocycles. The first-order chi connectivity index (χ1) is 13.1. The summed E-state index contributed by atoms with van der Waals surface area (Å²) in [7, 11) is 0. The van der Waals surface area contributed by atoms with Crippen LogP contribution in [0.2, 0.25) is 0 Å². The third-order valence-corrected chi connectivity index (χ3v) is 4.42. The molecule has 0 unspecified atom stereocenters. The average Bonchev–Trinajstić information content (AvgIpc) is 3.35. The lowest BCUT2D eigenvalue weighted by molar-refractivity contribution is -0.148. The molecule has 0 bridgehead atoms. The Morgan fingerprint density at radius 2 is 2.07 bits per heavy atom. The zero-order valence-electron chi connectivity index (χ0n) is 14.2. The Labute approximate surface area is 158 Å². The van der Waals surface area contributed by atoms with Gasteiger partial charge in [-0.2, -0.15) is 4.98 Å². The molecule has 0 aliphatic heterocycles. The van der Waals surface area contributed by atoms with E-state index in [0.717, 1.165) is 4.88 Å². The number of esters is 1. The maximum Gasteiger partial charge on any atom is 0.306 e. The van der Waals surface area contributed by atoms with E-state index in [1.54, 1.807) is 18.2 Å². The number of carbonyl (C=O) groups is 2. The molecule has 1 aromatic carbocycles. The predicted molar refractivity (Wildman–Crippen MR) is 95.1 cm³/mol. The molecular formula is C18H16FN3O4S. The molecular weight excluding hydrogens is 373 g/mol.